The van der Waals surface area contributed by atoms with Crippen LogP contribution in [0.1, 0.15) is 28.3 Å². The monoisotopic (exact) mass is 551 g/mol. The highest BCUT2D eigenvalue weighted by Gasteiger charge is 2.29. The molecule has 2 amide bonds. The van der Waals surface area contributed by atoms with Gasteiger partial charge in [-0.3, -0.25) is 15.0 Å². The molecule has 0 aliphatic heterocycles. The summed E-state index contributed by atoms with van der Waals surface area (Å²) in [6.45, 7) is 0.244. The molecule has 9 nitrogen and oxygen atoms in total. The lowest BCUT2D eigenvalue weighted by molar-refractivity contribution is -0.119. The standard InChI is InChI=1S/C32H33N5O4/c1-40-27-18-25(30(32(35)39)36-24-15-13-23(14-16-24)31(33)34)26(19-28(27)41-2)37(20-22-11-7-4-8-12-22)29(38)17-21-9-5-3-6-10-21/h3-16,18-19,30,36H,17,20H2,1-2H3,(H3,33,34)(H2,35,39). The molecule has 0 aliphatic carbocycles. The summed E-state index contributed by atoms with van der Waals surface area (Å²) < 4.78 is 11.2. The zero-order valence-electron chi connectivity index (χ0n) is 23.0. The summed E-state index contributed by atoms with van der Waals surface area (Å²) in [5.74, 6) is -0.141. The Labute approximate surface area is 239 Å². The van der Waals surface area contributed by atoms with Crippen LogP contribution in [-0.4, -0.2) is 31.9 Å². The summed E-state index contributed by atoms with van der Waals surface area (Å²) in [5.41, 5.74) is 15.3. The number of nitrogen functional groups attached to an aromatic ring is 1. The second-order valence-corrected chi connectivity index (χ2v) is 9.36. The number of amides is 2. The molecule has 4 aromatic carbocycles. The molecule has 0 radical (unpaired) electrons. The number of amidine groups is 1. The number of carbonyl (C=O) groups is 2. The Morgan fingerprint density at radius 2 is 1.39 bits per heavy atom. The number of primary amides is 1. The molecule has 6 N–H and O–H groups in total. The van der Waals surface area contributed by atoms with Gasteiger partial charge in [0.15, 0.2) is 11.5 Å². The second kappa shape index (κ2) is 13.2. The molecule has 0 bridgehead atoms. The van der Waals surface area contributed by atoms with Crippen molar-refractivity contribution < 1.29 is 19.1 Å². The topological polar surface area (TPSA) is 144 Å². The number of nitrogens with one attached hydrogen (secondary N) is 2. The Balaban J connectivity index is 1.84. The molecule has 210 valence electrons. The van der Waals surface area contributed by atoms with E-state index in [4.69, 9.17) is 26.4 Å². The van der Waals surface area contributed by atoms with Gasteiger partial charge in [0, 0.05) is 22.9 Å². The average molecular weight is 552 g/mol. The first-order chi connectivity index (χ1) is 19.8. The number of nitrogens with two attached hydrogens (primary N) is 2. The van der Waals surface area contributed by atoms with Crippen LogP contribution in [0.4, 0.5) is 11.4 Å². The van der Waals surface area contributed by atoms with Gasteiger partial charge < -0.3 is 31.2 Å². The van der Waals surface area contributed by atoms with E-state index in [0.717, 1.165) is 11.1 Å². The Morgan fingerprint density at radius 3 is 1.93 bits per heavy atom. The Bertz CT molecular complexity index is 1510. The van der Waals surface area contributed by atoms with Crippen molar-refractivity contribution in [3.63, 3.8) is 0 Å². The first kappa shape index (κ1) is 28.7. The molecule has 41 heavy (non-hydrogen) atoms. The first-order valence-corrected chi connectivity index (χ1v) is 12.9. The number of hydrogen-bond donors (Lipinski definition) is 4. The van der Waals surface area contributed by atoms with Gasteiger partial charge in [-0.25, -0.2) is 0 Å². The second-order valence-electron chi connectivity index (χ2n) is 9.36. The van der Waals surface area contributed by atoms with Crippen LogP contribution in [0.3, 0.4) is 0 Å². The highest BCUT2D eigenvalue weighted by atomic mass is 16.5. The maximum Gasteiger partial charge on any atom is 0.244 e. The molecule has 4 rings (SSSR count). The minimum absolute atomic E-state index is 0.0707. The average Bonchev–Trinajstić information content (AvgIpc) is 2.99. The largest absolute Gasteiger partial charge is 0.493 e. The molecule has 0 aromatic heterocycles. The number of carbonyl (C=O) groups excluding carboxylic acids is 2. The molecule has 0 saturated heterocycles. The van der Waals surface area contributed by atoms with E-state index in [1.54, 1.807) is 41.3 Å². The minimum atomic E-state index is -1.05. The molecule has 9 heteroatoms. The molecule has 0 heterocycles. The zero-order valence-corrected chi connectivity index (χ0v) is 23.0. The maximum absolute atomic E-state index is 14.0. The molecule has 0 spiro atoms. The SMILES string of the molecule is COc1cc(C(Nc2ccc(C(=N)N)cc2)C(N)=O)c(N(Cc2ccccc2)C(=O)Cc2ccccc2)cc1OC. The molecular formula is C32H33N5O4. The van der Waals surface area contributed by atoms with Gasteiger partial charge >= 0.3 is 0 Å². The van der Waals surface area contributed by atoms with E-state index >= 15 is 0 Å². The van der Waals surface area contributed by atoms with E-state index in [1.165, 1.54) is 14.2 Å². The first-order valence-electron chi connectivity index (χ1n) is 12.9. The van der Waals surface area contributed by atoms with Crippen molar-refractivity contribution in [1.29, 1.82) is 5.41 Å². The highest BCUT2D eigenvalue weighted by Crippen LogP contribution is 2.40. The molecule has 0 fully saturated rings. The summed E-state index contributed by atoms with van der Waals surface area (Å²) in [4.78, 5) is 28.6. The van der Waals surface area contributed by atoms with Gasteiger partial charge in [-0.15, -0.1) is 0 Å². The predicted molar refractivity (Wildman–Crippen MR) is 160 cm³/mol. The van der Waals surface area contributed by atoms with E-state index in [-0.39, 0.29) is 24.7 Å². The summed E-state index contributed by atoms with van der Waals surface area (Å²) >= 11 is 0. The van der Waals surface area contributed by atoms with Crippen LogP contribution in [0.2, 0.25) is 0 Å². The quantitative estimate of drug-likeness (QED) is 0.152. The molecular weight excluding hydrogens is 518 g/mol. The number of hydrogen-bond acceptors (Lipinski definition) is 6. The van der Waals surface area contributed by atoms with E-state index < -0.39 is 11.9 Å². The fraction of sp³-hybridized carbons (Fsp3) is 0.156. The van der Waals surface area contributed by atoms with E-state index in [0.29, 0.717) is 34.0 Å². The zero-order chi connectivity index (χ0) is 29.4. The third kappa shape index (κ3) is 7.02. The van der Waals surface area contributed by atoms with Gasteiger partial charge in [-0.2, -0.15) is 0 Å². The van der Waals surface area contributed by atoms with Crippen LogP contribution >= 0.6 is 0 Å². The third-order valence-corrected chi connectivity index (χ3v) is 6.61. The van der Waals surface area contributed by atoms with Crippen molar-refractivity contribution in [1.82, 2.24) is 0 Å². The van der Waals surface area contributed by atoms with Gasteiger partial charge in [0.05, 0.1) is 32.9 Å². The van der Waals surface area contributed by atoms with Crippen molar-refractivity contribution in [2.75, 3.05) is 24.4 Å². The number of ether oxygens (including phenoxy) is 2. The van der Waals surface area contributed by atoms with Crippen molar-refractivity contribution in [3.8, 4) is 11.5 Å². The smallest absolute Gasteiger partial charge is 0.244 e. The van der Waals surface area contributed by atoms with Gasteiger partial charge in [0.25, 0.3) is 0 Å². The molecule has 0 aliphatic rings. The Morgan fingerprint density at radius 1 is 0.829 bits per heavy atom. The number of rotatable bonds is 12. The van der Waals surface area contributed by atoms with Crippen molar-refractivity contribution in [2.24, 2.45) is 11.5 Å². The third-order valence-electron chi connectivity index (χ3n) is 6.61. The Kier molecular flexibility index (Phi) is 9.21. The van der Waals surface area contributed by atoms with E-state index in [2.05, 4.69) is 5.32 Å². The van der Waals surface area contributed by atoms with E-state index in [9.17, 15) is 9.59 Å². The van der Waals surface area contributed by atoms with Crippen LogP contribution in [0.25, 0.3) is 0 Å². The van der Waals surface area contributed by atoms with Gasteiger partial charge in [-0.05, 0) is 41.5 Å². The molecule has 0 saturated carbocycles. The van der Waals surface area contributed by atoms with Crippen LogP contribution in [-0.2, 0) is 22.6 Å². The van der Waals surface area contributed by atoms with Gasteiger partial charge in [0.1, 0.15) is 11.9 Å². The van der Waals surface area contributed by atoms with Crippen molar-refractivity contribution in [2.45, 2.75) is 19.0 Å². The summed E-state index contributed by atoms with van der Waals surface area (Å²) in [7, 11) is 3.01. The fourth-order valence-electron chi connectivity index (χ4n) is 4.50. The van der Waals surface area contributed by atoms with Crippen LogP contribution in [0.5, 0.6) is 11.5 Å². The van der Waals surface area contributed by atoms with E-state index in [1.807, 2.05) is 60.7 Å². The number of anilines is 2. The normalized spacial score (nSPS) is 11.3. The lowest BCUT2D eigenvalue weighted by Gasteiger charge is -2.29. The van der Waals surface area contributed by atoms with Crippen molar-refractivity contribution >= 4 is 29.0 Å². The number of methoxy groups -OCH3 is 2. The molecule has 4 aromatic rings. The summed E-state index contributed by atoms with van der Waals surface area (Å²) in [5, 5.41) is 10.8. The molecule has 1 atom stereocenters. The molecule has 1 unspecified atom stereocenters. The van der Waals surface area contributed by atoms with Crippen molar-refractivity contribution in [3.05, 3.63) is 119 Å². The van der Waals surface area contributed by atoms with Gasteiger partial charge in [-0.1, -0.05) is 60.7 Å². The lowest BCUT2D eigenvalue weighted by Crippen LogP contribution is -2.35. The Hall–Kier alpha value is -5.31. The maximum atomic E-state index is 14.0. The van der Waals surface area contributed by atoms with Crippen LogP contribution in [0.15, 0.2) is 97.1 Å². The summed E-state index contributed by atoms with van der Waals surface area (Å²) in [6, 6.07) is 28.1. The summed E-state index contributed by atoms with van der Waals surface area (Å²) in [6.07, 6.45) is 0.142. The number of benzene rings is 4. The number of nitrogens with zero attached hydrogens (tertiary/aromatic N) is 1. The lowest BCUT2D eigenvalue weighted by atomic mass is 9.99. The highest BCUT2D eigenvalue weighted by molar-refractivity contribution is 5.98. The van der Waals surface area contributed by atoms with Gasteiger partial charge in [0.2, 0.25) is 11.8 Å². The fourth-order valence-corrected chi connectivity index (χ4v) is 4.50. The van der Waals surface area contributed by atoms with Crippen LogP contribution in [0, 0.1) is 5.41 Å². The minimum Gasteiger partial charge on any atom is -0.493 e. The van der Waals surface area contributed by atoms with Crippen LogP contribution < -0.4 is 31.2 Å². The predicted octanol–water partition coefficient (Wildman–Crippen LogP) is 4.40.